The Morgan fingerprint density at radius 1 is 0.821 bits per heavy atom. The van der Waals surface area contributed by atoms with Crippen LogP contribution >= 0.6 is 0 Å². The zero-order chi connectivity index (χ0) is 19.2. The molecule has 3 aromatic carbocycles. The van der Waals surface area contributed by atoms with Crippen LogP contribution < -0.4 is 10.2 Å². The molecular weight excluding hydrogens is 344 g/mol. The quantitative estimate of drug-likeness (QED) is 0.630. The van der Waals surface area contributed by atoms with E-state index in [1.165, 1.54) is 28.1 Å². The van der Waals surface area contributed by atoms with Crippen molar-refractivity contribution in [2.75, 3.05) is 36.5 Å². The lowest BCUT2D eigenvalue weighted by molar-refractivity contribution is 0.122. The fourth-order valence-corrected chi connectivity index (χ4v) is 3.63. The molecule has 0 atom stereocenters. The third-order valence-corrected chi connectivity index (χ3v) is 5.37. The van der Waals surface area contributed by atoms with Gasteiger partial charge in [-0.15, -0.1) is 0 Å². The van der Waals surface area contributed by atoms with Crippen molar-refractivity contribution in [1.82, 2.24) is 0 Å². The van der Waals surface area contributed by atoms with Crippen LogP contribution in [0.3, 0.4) is 0 Å². The SMILES string of the molecule is Cc1ccc(CCc2ccccc2)cc1Nc1ccc(N2CCOCC2)cc1. The van der Waals surface area contributed by atoms with Gasteiger partial charge in [0.2, 0.25) is 0 Å². The van der Waals surface area contributed by atoms with E-state index in [0.29, 0.717) is 0 Å². The van der Waals surface area contributed by atoms with E-state index in [1.54, 1.807) is 0 Å². The fraction of sp³-hybridized carbons (Fsp3) is 0.280. The molecule has 144 valence electrons. The number of hydrogen-bond acceptors (Lipinski definition) is 3. The summed E-state index contributed by atoms with van der Waals surface area (Å²) in [5.41, 5.74) is 7.59. The van der Waals surface area contributed by atoms with Crippen molar-refractivity contribution in [2.24, 2.45) is 0 Å². The molecule has 3 heteroatoms. The molecule has 1 aliphatic heterocycles. The summed E-state index contributed by atoms with van der Waals surface area (Å²) in [5, 5.41) is 3.60. The van der Waals surface area contributed by atoms with Crippen LogP contribution in [0.15, 0.2) is 72.8 Å². The Morgan fingerprint density at radius 2 is 1.54 bits per heavy atom. The molecule has 28 heavy (non-hydrogen) atoms. The molecule has 0 bridgehead atoms. The Bertz CT molecular complexity index is 884. The zero-order valence-corrected chi connectivity index (χ0v) is 16.5. The van der Waals surface area contributed by atoms with E-state index in [2.05, 4.69) is 89.9 Å². The minimum absolute atomic E-state index is 0.814. The lowest BCUT2D eigenvalue weighted by atomic mass is 10.0. The van der Waals surface area contributed by atoms with Crippen molar-refractivity contribution in [2.45, 2.75) is 19.8 Å². The van der Waals surface area contributed by atoms with Crippen LogP contribution in [0, 0.1) is 6.92 Å². The predicted molar refractivity (Wildman–Crippen MR) is 118 cm³/mol. The van der Waals surface area contributed by atoms with Gasteiger partial charge in [0.1, 0.15) is 0 Å². The maximum absolute atomic E-state index is 5.44. The largest absolute Gasteiger partial charge is 0.378 e. The van der Waals surface area contributed by atoms with Gasteiger partial charge in [0, 0.05) is 30.2 Å². The number of rotatable bonds is 6. The summed E-state index contributed by atoms with van der Waals surface area (Å²) < 4.78 is 5.44. The molecule has 0 amide bonds. The van der Waals surface area contributed by atoms with Gasteiger partial charge in [-0.2, -0.15) is 0 Å². The minimum Gasteiger partial charge on any atom is -0.378 e. The molecule has 0 saturated carbocycles. The molecule has 0 aromatic heterocycles. The van der Waals surface area contributed by atoms with Gasteiger partial charge in [0.25, 0.3) is 0 Å². The van der Waals surface area contributed by atoms with Gasteiger partial charge < -0.3 is 15.0 Å². The maximum Gasteiger partial charge on any atom is 0.0642 e. The summed E-state index contributed by atoms with van der Waals surface area (Å²) in [6.45, 7) is 5.72. The molecule has 0 aliphatic carbocycles. The normalized spacial score (nSPS) is 14.1. The number of benzene rings is 3. The summed E-state index contributed by atoms with van der Waals surface area (Å²) >= 11 is 0. The monoisotopic (exact) mass is 372 g/mol. The van der Waals surface area contributed by atoms with Crippen molar-refractivity contribution in [3.8, 4) is 0 Å². The first kappa shape index (κ1) is 18.6. The Morgan fingerprint density at radius 3 is 2.29 bits per heavy atom. The van der Waals surface area contributed by atoms with E-state index in [0.717, 1.165) is 44.8 Å². The molecule has 1 saturated heterocycles. The van der Waals surface area contributed by atoms with Crippen LogP contribution in [0.5, 0.6) is 0 Å². The van der Waals surface area contributed by atoms with E-state index in [1.807, 2.05) is 0 Å². The lowest BCUT2D eigenvalue weighted by Gasteiger charge is -2.29. The van der Waals surface area contributed by atoms with Crippen molar-refractivity contribution in [3.05, 3.63) is 89.5 Å². The smallest absolute Gasteiger partial charge is 0.0642 e. The van der Waals surface area contributed by atoms with Crippen LogP contribution in [0.25, 0.3) is 0 Å². The van der Waals surface area contributed by atoms with E-state index in [4.69, 9.17) is 4.74 Å². The van der Waals surface area contributed by atoms with Crippen molar-refractivity contribution in [3.63, 3.8) is 0 Å². The molecule has 1 N–H and O–H groups in total. The van der Waals surface area contributed by atoms with E-state index in [9.17, 15) is 0 Å². The molecule has 3 aromatic rings. The summed E-state index contributed by atoms with van der Waals surface area (Å²) in [7, 11) is 0. The summed E-state index contributed by atoms with van der Waals surface area (Å²) in [5.74, 6) is 0. The highest BCUT2D eigenvalue weighted by atomic mass is 16.5. The third-order valence-electron chi connectivity index (χ3n) is 5.37. The first-order chi connectivity index (χ1) is 13.8. The minimum atomic E-state index is 0.814. The van der Waals surface area contributed by atoms with Crippen LogP contribution in [0.1, 0.15) is 16.7 Å². The van der Waals surface area contributed by atoms with Crippen LogP contribution in [0.4, 0.5) is 17.1 Å². The van der Waals surface area contributed by atoms with Gasteiger partial charge in [-0.05, 0) is 66.8 Å². The maximum atomic E-state index is 5.44. The van der Waals surface area contributed by atoms with E-state index < -0.39 is 0 Å². The molecule has 3 nitrogen and oxygen atoms in total. The Hall–Kier alpha value is -2.78. The molecule has 0 unspecified atom stereocenters. The van der Waals surface area contributed by atoms with E-state index >= 15 is 0 Å². The average Bonchev–Trinajstić information content (AvgIpc) is 2.76. The number of nitrogens with one attached hydrogen (secondary N) is 1. The topological polar surface area (TPSA) is 24.5 Å². The number of anilines is 3. The highest BCUT2D eigenvalue weighted by Gasteiger charge is 2.11. The third kappa shape index (κ3) is 4.73. The second-order valence-corrected chi connectivity index (χ2v) is 7.41. The number of ether oxygens (including phenoxy) is 1. The first-order valence-corrected chi connectivity index (χ1v) is 10.1. The van der Waals surface area contributed by atoms with Crippen molar-refractivity contribution in [1.29, 1.82) is 0 Å². The first-order valence-electron chi connectivity index (χ1n) is 10.1. The Labute approximate surface area is 168 Å². The highest BCUT2D eigenvalue weighted by molar-refractivity contribution is 5.66. The van der Waals surface area contributed by atoms with Gasteiger partial charge in [0.15, 0.2) is 0 Å². The van der Waals surface area contributed by atoms with Crippen molar-refractivity contribution < 1.29 is 4.74 Å². The Balaban J connectivity index is 1.42. The Kier molecular flexibility index (Phi) is 5.93. The molecule has 1 heterocycles. The van der Waals surface area contributed by atoms with Crippen LogP contribution in [0.2, 0.25) is 0 Å². The summed E-state index contributed by atoms with van der Waals surface area (Å²) in [6, 6.07) is 26.2. The van der Waals surface area contributed by atoms with Gasteiger partial charge in [0.05, 0.1) is 13.2 Å². The van der Waals surface area contributed by atoms with Gasteiger partial charge in [-0.25, -0.2) is 0 Å². The standard InChI is InChI=1S/C25H28N2O/c1-20-7-8-22(10-9-21-5-3-2-4-6-21)19-25(20)26-23-11-13-24(14-12-23)27-15-17-28-18-16-27/h2-8,11-14,19,26H,9-10,15-18H2,1H3. The van der Waals surface area contributed by atoms with Crippen LogP contribution in [-0.2, 0) is 17.6 Å². The predicted octanol–water partition coefficient (Wildman–Crippen LogP) is 5.36. The van der Waals surface area contributed by atoms with Gasteiger partial charge >= 0.3 is 0 Å². The van der Waals surface area contributed by atoms with E-state index in [-0.39, 0.29) is 0 Å². The lowest BCUT2D eigenvalue weighted by Crippen LogP contribution is -2.36. The summed E-state index contributed by atoms with van der Waals surface area (Å²) in [6.07, 6.45) is 2.12. The molecule has 0 spiro atoms. The molecule has 0 radical (unpaired) electrons. The van der Waals surface area contributed by atoms with Crippen molar-refractivity contribution >= 4 is 17.1 Å². The molecule has 1 fully saturated rings. The number of nitrogens with zero attached hydrogens (tertiary/aromatic N) is 1. The second-order valence-electron chi connectivity index (χ2n) is 7.41. The average molecular weight is 373 g/mol. The molecule has 1 aliphatic rings. The second kappa shape index (κ2) is 8.94. The number of morpholine rings is 1. The zero-order valence-electron chi connectivity index (χ0n) is 16.5. The summed E-state index contributed by atoms with van der Waals surface area (Å²) in [4.78, 5) is 2.38. The number of hydrogen-bond donors (Lipinski definition) is 1. The fourth-order valence-electron chi connectivity index (χ4n) is 3.63. The van der Waals surface area contributed by atoms with Gasteiger partial charge in [-0.3, -0.25) is 0 Å². The number of aryl methyl sites for hydroxylation is 3. The highest BCUT2D eigenvalue weighted by Crippen LogP contribution is 2.25. The van der Waals surface area contributed by atoms with Crippen LogP contribution in [-0.4, -0.2) is 26.3 Å². The molecule has 4 rings (SSSR count). The molecular formula is C25H28N2O. The van der Waals surface area contributed by atoms with Gasteiger partial charge in [-0.1, -0.05) is 42.5 Å².